The lowest BCUT2D eigenvalue weighted by molar-refractivity contribution is -0.304. The Labute approximate surface area is 82.0 Å². The molecule has 0 N–H and O–H groups in total. The van der Waals surface area contributed by atoms with Gasteiger partial charge in [-0.05, 0) is 26.0 Å². The van der Waals surface area contributed by atoms with Gasteiger partial charge in [0, 0.05) is 10.1 Å². The van der Waals surface area contributed by atoms with Crippen LogP contribution in [0.3, 0.4) is 0 Å². The Bertz CT molecular complexity index is 292. The zero-order valence-electron chi connectivity index (χ0n) is 7.61. The monoisotopic (exact) mass is 195 g/mol. The predicted molar refractivity (Wildman–Crippen MR) is 51.5 cm³/mol. The van der Waals surface area contributed by atoms with Gasteiger partial charge in [0.2, 0.25) is 0 Å². The number of carbonyl (C=O) groups is 1. The van der Waals surface area contributed by atoms with Gasteiger partial charge in [0.25, 0.3) is 0 Å². The molecule has 1 rings (SSSR count). The Hall–Kier alpha value is -0.960. The van der Waals surface area contributed by atoms with Gasteiger partial charge in [-0.3, -0.25) is 0 Å². The molecule has 0 aliphatic rings. The highest BCUT2D eigenvalue weighted by Crippen LogP contribution is 2.22. The van der Waals surface area contributed by atoms with Crippen LogP contribution in [0, 0.1) is 6.92 Å². The van der Waals surface area contributed by atoms with E-state index in [0.717, 1.165) is 4.90 Å². The molecule has 1 atom stereocenters. The van der Waals surface area contributed by atoms with Gasteiger partial charge >= 0.3 is 0 Å². The summed E-state index contributed by atoms with van der Waals surface area (Å²) in [5.74, 6) is -1.02. The summed E-state index contributed by atoms with van der Waals surface area (Å²) in [6.45, 7) is 3.62. The predicted octanol–water partition coefficient (Wildman–Crippen LogP) is 1.23. The molecule has 2 nitrogen and oxygen atoms in total. The fourth-order valence-electron chi connectivity index (χ4n) is 0.869. The Balaban J connectivity index is 2.64. The van der Waals surface area contributed by atoms with Gasteiger partial charge in [-0.1, -0.05) is 17.7 Å². The van der Waals surface area contributed by atoms with Gasteiger partial charge in [0.05, 0.1) is 5.97 Å². The van der Waals surface area contributed by atoms with Gasteiger partial charge in [-0.2, -0.15) is 0 Å². The minimum absolute atomic E-state index is 0.497. The number of aryl methyl sites for hydroxylation is 1. The number of thioether (sulfide) groups is 1. The lowest BCUT2D eigenvalue weighted by Gasteiger charge is -2.11. The van der Waals surface area contributed by atoms with Crippen LogP contribution < -0.4 is 5.11 Å². The van der Waals surface area contributed by atoms with E-state index < -0.39 is 11.2 Å². The van der Waals surface area contributed by atoms with Gasteiger partial charge < -0.3 is 9.90 Å². The Kier molecular flexibility index (Phi) is 3.37. The van der Waals surface area contributed by atoms with Crippen molar-refractivity contribution in [2.75, 3.05) is 0 Å². The first-order valence-corrected chi connectivity index (χ1v) is 4.92. The number of carboxylic acid groups (broad SMARTS) is 1. The molecule has 0 bridgehead atoms. The molecule has 0 unspecified atom stereocenters. The van der Waals surface area contributed by atoms with Crippen molar-refractivity contribution in [3.63, 3.8) is 0 Å². The maximum Gasteiger partial charge on any atom is 0.0545 e. The third-order valence-electron chi connectivity index (χ3n) is 1.67. The first kappa shape index (κ1) is 10.1. The molecule has 1 aromatic rings. The maximum absolute atomic E-state index is 10.4. The molecule has 1 aromatic carbocycles. The number of benzene rings is 1. The van der Waals surface area contributed by atoms with Crippen LogP contribution >= 0.6 is 11.8 Å². The van der Waals surface area contributed by atoms with E-state index in [1.807, 2.05) is 31.2 Å². The highest BCUT2D eigenvalue weighted by Gasteiger charge is 2.03. The molecule has 0 heterocycles. The summed E-state index contributed by atoms with van der Waals surface area (Å²) >= 11 is 1.30. The van der Waals surface area contributed by atoms with Crippen molar-refractivity contribution in [2.45, 2.75) is 24.0 Å². The molecular formula is C10H11O2S-. The topological polar surface area (TPSA) is 40.1 Å². The molecule has 0 aliphatic carbocycles. The van der Waals surface area contributed by atoms with E-state index in [9.17, 15) is 9.90 Å². The van der Waals surface area contributed by atoms with Crippen molar-refractivity contribution in [3.8, 4) is 0 Å². The van der Waals surface area contributed by atoms with E-state index in [4.69, 9.17) is 0 Å². The van der Waals surface area contributed by atoms with E-state index in [1.165, 1.54) is 17.3 Å². The molecule has 0 radical (unpaired) electrons. The van der Waals surface area contributed by atoms with Crippen molar-refractivity contribution in [1.82, 2.24) is 0 Å². The molecule has 0 fully saturated rings. The first-order chi connectivity index (χ1) is 6.09. The number of carboxylic acids is 1. The minimum Gasteiger partial charge on any atom is -0.549 e. The van der Waals surface area contributed by atoms with Gasteiger partial charge in [0.1, 0.15) is 0 Å². The lowest BCUT2D eigenvalue weighted by Crippen LogP contribution is -2.31. The summed E-state index contributed by atoms with van der Waals surface area (Å²) in [4.78, 5) is 11.4. The van der Waals surface area contributed by atoms with Gasteiger partial charge in [-0.15, -0.1) is 11.8 Å². The number of hydrogen-bond donors (Lipinski definition) is 0. The summed E-state index contributed by atoms with van der Waals surface area (Å²) in [6.07, 6.45) is 0. The highest BCUT2D eigenvalue weighted by molar-refractivity contribution is 8.00. The summed E-state index contributed by atoms with van der Waals surface area (Å²) in [7, 11) is 0. The molecule has 13 heavy (non-hydrogen) atoms. The largest absolute Gasteiger partial charge is 0.549 e. The van der Waals surface area contributed by atoms with Crippen LogP contribution in [-0.4, -0.2) is 11.2 Å². The summed E-state index contributed by atoms with van der Waals surface area (Å²) in [6, 6.07) is 7.76. The maximum atomic E-state index is 10.4. The smallest absolute Gasteiger partial charge is 0.0545 e. The second-order valence-corrected chi connectivity index (χ2v) is 4.31. The van der Waals surface area contributed by atoms with Crippen LogP contribution in [0.15, 0.2) is 29.2 Å². The van der Waals surface area contributed by atoms with Crippen molar-refractivity contribution in [3.05, 3.63) is 29.8 Å². The quantitative estimate of drug-likeness (QED) is 0.681. The molecule has 0 amide bonds. The Morgan fingerprint density at radius 1 is 1.38 bits per heavy atom. The molecular weight excluding hydrogens is 184 g/mol. The molecule has 0 spiro atoms. The summed E-state index contributed by atoms with van der Waals surface area (Å²) in [5.41, 5.74) is 1.17. The van der Waals surface area contributed by atoms with E-state index in [-0.39, 0.29) is 0 Å². The standard InChI is InChI=1S/C10H12O2S/c1-7-3-5-9(6-4-7)13-8(2)10(11)12/h3-6,8H,1-2H3,(H,11,12)/p-1/t8-/m1/s1. The number of aliphatic carboxylic acids is 1. The lowest BCUT2D eigenvalue weighted by atomic mass is 10.2. The number of hydrogen-bond acceptors (Lipinski definition) is 3. The van der Waals surface area contributed by atoms with Crippen molar-refractivity contribution in [1.29, 1.82) is 0 Å². The van der Waals surface area contributed by atoms with Crippen molar-refractivity contribution >= 4 is 17.7 Å². The SMILES string of the molecule is Cc1ccc(S[C@H](C)C(=O)[O-])cc1. The molecule has 0 saturated carbocycles. The number of carbonyl (C=O) groups excluding carboxylic acids is 1. The van der Waals surface area contributed by atoms with Crippen LogP contribution in [0.25, 0.3) is 0 Å². The zero-order valence-corrected chi connectivity index (χ0v) is 8.43. The van der Waals surface area contributed by atoms with Gasteiger partial charge in [0.15, 0.2) is 0 Å². The van der Waals surface area contributed by atoms with Crippen LogP contribution in [-0.2, 0) is 4.79 Å². The van der Waals surface area contributed by atoms with Crippen molar-refractivity contribution < 1.29 is 9.90 Å². The summed E-state index contributed by atoms with van der Waals surface area (Å²) in [5, 5.41) is 9.94. The van der Waals surface area contributed by atoms with Crippen LogP contribution in [0.2, 0.25) is 0 Å². The molecule has 0 aliphatic heterocycles. The fourth-order valence-corrected chi connectivity index (χ4v) is 1.67. The molecule has 0 saturated heterocycles. The summed E-state index contributed by atoms with van der Waals surface area (Å²) < 4.78 is 0. The van der Waals surface area contributed by atoms with E-state index in [1.54, 1.807) is 6.92 Å². The van der Waals surface area contributed by atoms with E-state index in [0.29, 0.717) is 0 Å². The number of rotatable bonds is 3. The minimum atomic E-state index is -1.02. The highest BCUT2D eigenvalue weighted by atomic mass is 32.2. The van der Waals surface area contributed by atoms with E-state index >= 15 is 0 Å². The van der Waals surface area contributed by atoms with Crippen LogP contribution in [0.5, 0.6) is 0 Å². The van der Waals surface area contributed by atoms with E-state index in [2.05, 4.69) is 0 Å². The fraction of sp³-hybridized carbons (Fsp3) is 0.300. The van der Waals surface area contributed by atoms with Crippen LogP contribution in [0.4, 0.5) is 0 Å². The molecule has 70 valence electrons. The van der Waals surface area contributed by atoms with Crippen LogP contribution in [0.1, 0.15) is 12.5 Å². The van der Waals surface area contributed by atoms with Crippen molar-refractivity contribution in [2.24, 2.45) is 0 Å². The normalized spacial score (nSPS) is 12.5. The first-order valence-electron chi connectivity index (χ1n) is 4.04. The average Bonchev–Trinajstić information content (AvgIpc) is 2.08. The third kappa shape index (κ3) is 3.11. The molecule has 3 heteroatoms. The average molecular weight is 195 g/mol. The molecule has 0 aromatic heterocycles. The Morgan fingerprint density at radius 3 is 2.38 bits per heavy atom. The third-order valence-corrected chi connectivity index (χ3v) is 2.76. The second kappa shape index (κ2) is 4.33. The zero-order chi connectivity index (χ0) is 9.84. The Morgan fingerprint density at radius 2 is 1.92 bits per heavy atom. The van der Waals surface area contributed by atoms with Gasteiger partial charge in [-0.25, -0.2) is 0 Å². The second-order valence-electron chi connectivity index (χ2n) is 2.89.